The van der Waals surface area contributed by atoms with Crippen LogP contribution in [0, 0.1) is 5.92 Å². The Morgan fingerprint density at radius 3 is 1.96 bits per heavy atom. The first kappa shape index (κ1) is 21.4. The third-order valence-corrected chi connectivity index (χ3v) is 3.52. The SMILES string of the molecule is CC(C)(C)OC(=O)NN(CC1CCC(F)(F)CC1)C(=O)OC(C)(C)C. The number of carbonyl (C=O) groups excluding carboxylic acids is 2. The van der Waals surface area contributed by atoms with E-state index in [0.29, 0.717) is 0 Å². The predicted molar refractivity (Wildman–Crippen MR) is 89.2 cm³/mol. The number of nitrogens with one attached hydrogen (secondary N) is 1. The highest BCUT2D eigenvalue weighted by molar-refractivity contribution is 5.74. The van der Waals surface area contributed by atoms with Crippen LogP contribution in [0.4, 0.5) is 18.4 Å². The van der Waals surface area contributed by atoms with E-state index in [1.54, 1.807) is 41.5 Å². The lowest BCUT2D eigenvalue weighted by atomic mass is 9.87. The fraction of sp³-hybridized carbons (Fsp3) is 0.882. The van der Waals surface area contributed by atoms with Crippen LogP contribution in [0.1, 0.15) is 67.2 Å². The van der Waals surface area contributed by atoms with Gasteiger partial charge in [-0.15, -0.1) is 0 Å². The largest absolute Gasteiger partial charge is 0.443 e. The van der Waals surface area contributed by atoms with Crippen LogP contribution in [0.25, 0.3) is 0 Å². The van der Waals surface area contributed by atoms with Gasteiger partial charge < -0.3 is 9.47 Å². The van der Waals surface area contributed by atoms with E-state index >= 15 is 0 Å². The lowest BCUT2D eigenvalue weighted by Crippen LogP contribution is -2.51. The molecule has 1 saturated carbocycles. The molecule has 0 radical (unpaired) electrons. The minimum Gasteiger partial charge on any atom is -0.443 e. The van der Waals surface area contributed by atoms with E-state index in [1.165, 1.54) is 0 Å². The molecule has 146 valence electrons. The molecule has 0 aromatic heterocycles. The Balaban J connectivity index is 2.74. The first-order valence-corrected chi connectivity index (χ1v) is 8.55. The van der Waals surface area contributed by atoms with Crippen molar-refractivity contribution in [1.29, 1.82) is 0 Å². The molecule has 0 aromatic carbocycles. The molecule has 0 bridgehead atoms. The van der Waals surface area contributed by atoms with Crippen LogP contribution >= 0.6 is 0 Å². The summed E-state index contributed by atoms with van der Waals surface area (Å²) in [4.78, 5) is 24.3. The molecule has 1 aliphatic carbocycles. The van der Waals surface area contributed by atoms with Crippen molar-refractivity contribution in [3.63, 3.8) is 0 Å². The summed E-state index contributed by atoms with van der Waals surface area (Å²) in [7, 11) is 0. The maximum Gasteiger partial charge on any atom is 0.429 e. The summed E-state index contributed by atoms with van der Waals surface area (Å²) < 4.78 is 37.0. The minimum atomic E-state index is -2.65. The number of nitrogens with zero attached hydrogens (tertiary/aromatic N) is 1. The zero-order valence-electron chi connectivity index (χ0n) is 15.9. The quantitative estimate of drug-likeness (QED) is 0.733. The van der Waals surface area contributed by atoms with Crippen LogP contribution < -0.4 is 5.43 Å². The molecule has 0 unspecified atom stereocenters. The number of rotatable bonds is 2. The Bertz CT molecular complexity index is 474. The first-order valence-electron chi connectivity index (χ1n) is 8.55. The molecule has 1 aliphatic rings. The molecule has 1 fully saturated rings. The van der Waals surface area contributed by atoms with Gasteiger partial charge in [0, 0.05) is 19.4 Å². The Morgan fingerprint density at radius 1 is 1.04 bits per heavy atom. The Hall–Kier alpha value is -1.60. The highest BCUT2D eigenvalue weighted by atomic mass is 19.3. The van der Waals surface area contributed by atoms with Gasteiger partial charge in [0.1, 0.15) is 11.2 Å². The van der Waals surface area contributed by atoms with Crippen molar-refractivity contribution in [3.8, 4) is 0 Å². The Kier molecular flexibility index (Phi) is 6.64. The van der Waals surface area contributed by atoms with Crippen LogP contribution in [0.5, 0.6) is 0 Å². The molecular weight excluding hydrogens is 334 g/mol. The molecular formula is C17H30F2N2O4. The van der Waals surface area contributed by atoms with Gasteiger partial charge in [-0.05, 0) is 60.3 Å². The molecule has 0 aliphatic heterocycles. The van der Waals surface area contributed by atoms with Gasteiger partial charge in [-0.25, -0.2) is 28.8 Å². The van der Waals surface area contributed by atoms with Crippen molar-refractivity contribution in [2.75, 3.05) is 6.54 Å². The van der Waals surface area contributed by atoms with E-state index in [2.05, 4.69) is 5.43 Å². The molecule has 2 amide bonds. The van der Waals surface area contributed by atoms with E-state index in [9.17, 15) is 18.4 Å². The Morgan fingerprint density at radius 2 is 1.52 bits per heavy atom. The Labute approximate surface area is 148 Å². The second kappa shape index (κ2) is 7.74. The third kappa shape index (κ3) is 8.88. The van der Waals surface area contributed by atoms with Gasteiger partial charge in [-0.3, -0.25) is 0 Å². The average Bonchev–Trinajstić information content (AvgIpc) is 2.36. The van der Waals surface area contributed by atoms with Crippen molar-refractivity contribution >= 4 is 12.2 Å². The van der Waals surface area contributed by atoms with E-state index in [4.69, 9.17) is 9.47 Å². The average molecular weight is 364 g/mol. The van der Waals surface area contributed by atoms with Crippen molar-refractivity contribution in [1.82, 2.24) is 10.4 Å². The van der Waals surface area contributed by atoms with Crippen molar-refractivity contribution in [3.05, 3.63) is 0 Å². The highest BCUT2D eigenvalue weighted by Gasteiger charge is 2.37. The molecule has 6 nitrogen and oxygen atoms in total. The van der Waals surface area contributed by atoms with Gasteiger partial charge in [0.25, 0.3) is 0 Å². The van der Waals surface area contributed by atoms with Crippen molar-refractivity contribution in [2.24, 2.45) is 5.92 Å². The molecule has 1 N–H and O–H groups in total. The van der Waals surface area contributed by atoms with Gasteiger partial charge in [0.05, 0.1) is 0 Å². The van der Waals surface area contributed by atoms with Crippen LogP contribution in [0.15, 0.2) is 0 Å². The standard InChI is InChI=1S/C17H30F2N2O4/c1-15(2,3)24-13(22)20-21(14(23)25-16(4,5)6)11-12-7-9-17(18,19)10-8-12/h12H,7-11H2,1-6H3,(H,20,22). The van der Waals surface area contributed by atoms with Gasteiger partial charge in [0.15, 0.2) is 0 Å². The van der Waals surface area contributed by atoms with E-state index in [-0.39, 0.29) is 38.1 Å². The molecule has 8 heteroatoms. The number of alkyl halides is 2. The summed E-state index contributed by atoms with van der Waals surface area (Å²) in [6.07, 6.45) is -1.40. The minimum absolute atomic E-state index is 0.101. The van der Waals surface area contributed by atoms with Gasteiger partial charge in [0.2, 0.25) is 5.92 Å². The second-order valence-corrected chi connectivity index (χ2v) is 8.50. The lowest BCUT2D eigenvalue weighted by molar-refractivity contribution is -0.0523. The van der Waals surface area contributed by atoms with Gasteiger partial charge in [-0.1, -0.05) is 0 Å². The van der Waals surface area contributed by atoms with Crippen LogP contribution in [0.3, 0.4) is 0 Å². The van der Waals surface area contributed by atoms with E-state index < -0.39 is 29.3 Å². The van der Waals surface area contributed by atoms with E-state index in [1.807, 2.05) is 0 Å². The lowest BCUT2D eigenvalue weighted by Gasteiger charge is -2.33. The molecule has 0 spiro atoms. The van der Waals surface area contributed by atoms with Gasteiger partial charge in [-0.2, -0.15) is 0 Å². The predicted octanol–water partition coefficient (Wildman–Crippen LogP) is 4.49. The summed E-state index contributed by atoms with van der Waals surface area (Å²) in [5.41, 5.74) is 0.903. The second-order valence-electron chi connectivity index (χ2n) is 8.50. The summed E-state index contributed by atoms with van der Waals surface area (Å²) in [5.74, 6) is -2.78. The van der Waals surface area contributed by atoms with E-state index in [0.717, 1.165) is 5.01 Å². The summed E-state index contributed by atoms with van der Waals surface area (Å²) in [6.45, 7) is 10.3. The number of amides is 2. The zero-order chi connectivity index (χ0) is 19.5. The zero-order valence-corrected chi connectivity index (χ0v) is 15.9. The maximum atomic E-state index is 13.3. The summed E-state index contributed by atoms with van der Waals surface area (Å²) in [6, 6.07) is 0. The molecule has 0 heterocycles. The third-order valence-electron chi connectivity index (χ3n) is 3.52. The number of hydrogen-bond donors (Lipinski definition) is 1. The fourth-order valence-corrected chi connectivity index (χ4v) is 2.43. The smallest absolute Gasteiger partial charge is 0.429 e. The summed E-state index contributed by atoms with van der Waals surface area (Å²) in [5, 5.41) is 1.02. The molecule has 25 heavy (non-hydrogen) atoms. The number of halogens is 2. The maximum absolute atomic E-state index is 13.3. The van der Waals surface area contributed by atoms with Crippen molar-refractivity contribution < 1.29 is 27.8 Å². The number of hydrogen-bond acceptors (Lipinski definition) is 4. The molecule has 1 rings (SSSR count). The van der Waals surface area contributed by atoms with Gasteiger partial charge >= 0.3 is 12.2 Å². The van der Waals surface area contributed by atoms with Crippen LogP contribution in [-0.2, 0) is 9.47 Å². The molecule has 0 saturated heterocycles. The monoisotopic (exact) mass is 364 g/mol. The molecule has 0 aromatic rings. The number of ether oxygens (including phenoxy) is 2. The van der Waals surface area contributed by atoms with Crippen molar-refractivity contribution in [2.45, 2.75) is 84.4 Å². The van der Waals surface area contributed by atoms with Crippen LogP contribution in [-0.4, -0.2) is 40.9 Å². The first-order chi connectivity index (χ1) is 11.2. The normalized spacial score (nSPS) is 18.4. The fourth-order valence-electron chi connectivity index (χ4n) is 2.43. The number of carbonyl (C=O) groups is 2. The number of hydrazine groups is 1. The highest BCUT2D eigenvalue weighted by Crippen LogP contribution is 2.36. The topological polar surface area (TPSA) is 67.9 Å². The van der Waals surface area contributed by atoms with Crippen LogP contribution in [0.2, 0.25) is 0 Å². The molecule has 0 atom stereocenters. The summed E-state index contributed by atoms with van der Waals surface area (Å²) >= 11 is 0.